The van der Waals surface area contributed by atoms with Crippen LogP contribution in [0.2, 0.25) is 0 Å². The van der Waals surface area contributed by atoms with Gasteiger partial charge in [-0.1, -0.05) is 6.92 Å². The number of hydrogen-bond donors (Lipinski definition) is 0. The van der Waals surface area contributed by atoms with E-state index in [0.29, 0.717) is 25.4 Å². The monoisotopic (exact) mass is 443 g/mol. The van der Waals surface area contributed by atoms with Crippen LogP contribution in [0, 0.1) is 11.6 Å². The van der Waals surface area contributed by atoms with E-state index < -0.39 is 11.6 Å². The van der Waals surface area contributed by atoms with Gasteiger partial charge in [0.25, 0.3) is 0 Å². The smallest absolute Gasteiger partial charge is 0.162 e. The molecule has 1 atom stereocenters. The molecule has 1 saturated heterocycles. The lowest BCUT2D eigenvalue weighted by molar-refractivity contribution is -0.0352. The summed E-state index contributed by atoms with van der Waals surface area (Å²) in [6.07, 6.45) is 5.07. The summed E-state index contributed by atoms with van der Waals surface area (Å²) >= 11 is 0. The van der Waals surface area contributed by atoms with Crippen molar-refractivity contribution < 1.29 is 18.3 Å². The Hall–Kier alpha value is -2.91. The van der Waals surface area contributed by atoms with Crippen LogP contribution in [-0.4, -0.2) is 51.0 Å². The normalized spacial score (nSPS) is 16.9. The number of morpholine rings is 1. The van der Waals surface area contributed by atoms with Gasteiger partial charge < -0.3 is 9.47 Å². The lowest BCUT2D eigenvalue weighted by Crippen LogP contribution is -2.38. The van der Waals surface area contributed by atoms with E-state index in [1.165, 1.54) is 6.07 Å². The Kier molecular flexibility index (Phi) is 7.06. The number of hydrogen-bond acceptors (Lipinski definition) is 6. The Morgan fingerprint density at radius 1 is 1.16 bits per heavy atom. The van der Waals surface area contributed by atoms with E-state index in [0.717, 1.165) is 61.0 Å². The predicted octanol–water partition coefficient (Wildman–Crippen LogP) is 3.25. The number of ether oxygens (including phenoxy) is 2. The van der Waals surface area contributed by atoms with Crippen molar-refractivity contribution in [1.82, 2.24) is 24.6 Å². The summed E-state index contributed by atoms with van der Waals surface area (Å²) in [5, 5.41) is 4.62. The van der Waals surface area contributed by atoms with E-state index in [-0.39, 0.29) is 6.10 Å². The molecule has 0 spiro atoms. The minimum atomic E-state index is -0.919. The molecule has 0 unspecified atom stereocenters. The number of aromatic nitrogens is 4. The highest BCUT2D eigenvalue weighted by Crippen LogP contribution is 2.23. The van der Waals surface area contributed by atoms with Gasteiger partial charge in [0, 0.05) is 69.2 Å². The average molecular weight is 443 g/mol. The fourth-order valence-electron chi connectivity index (χ4n) is 3.69. The largest absolute Gasteiger partial charge is 0.493 e. The Morgan fingerprint density at radius 3 is 2.72 bits per heavy atom. The van der Waals surface area contributed by atoms with Gasteiger partial charge in [-0.15, -0.1) is 0 Å². The summed E-state index contributed by atoms with van der Waals surface area (Å²) in [5.41, 5.74) is 2.93. The van der Waals surface area contributed by atoms with Crippen molar-refractivity contribution in [2.75, 3.05) is 26.3 Å². The molecular formula is C23H27F2N5O2. The predicted molar refractivity (Wildman–Crippen MR) is 114 cm³/mol. The van der Waals surface area contributed by atoms with Gasteiger partial charge in [-0.25, -0.2) is 18.7 Å². The van der Waals surface area contributed by atoms with Gasteiger partial charge in [-0.2, -0.15) is 5.10 Å². The molecule has 2 aromatic heterocycles. The minimum Gasteiger partial charge on any atom is -0.493 e. The van der Waals surface area contributed by atoms with Crippen LogP contribution in [0.4, 0.5) is 8.78 Å². The molecule has 0 saturated carbocycles. The van der Waals surface area contributed by atoms with Crippen molar-refractivity contribution >= 4 is 0 Å². The van der Waals surface area contributed by atoms with Gasteiger partial charge in [0.2, 0.25) is 0 Å². The molecule has 1 aliphatic heterocycles. The lowest BCUT2D eigenvalue weighted by atomic mass is 10.1. The van der Waals surface area contributed by atoms with Crippen LogP contribution in [0.5, 0.6) is 5.75 Å². The van der Waals surface area contributed by atoms with Gasteiger partial charge in [-0.05, 0) is 18.2 Å². The number of rotatable bonds is 8. The summed E-state index contributed by atoms with van der Waals surface area (Å²) in [6.45, 7) is 5.34. The highest BCUT2D eigenvalue weighted by atomic mass is 19.2. The summed E-state index contributed by atoms with van der Waals surface area (Å²) < 4.78 is 39.7. The van der Waals surface area contributed by atoms with E-state index in [1.54, 1.807) is 0 Å². The molecule has 0 radical (unpaired) electrons. The SMILES string of the molecule is CCc1ncc(CN2CCO[C@H](c3cc(CCOc4ccc(F)c(F)c4)n(C)n3)C2)cn1. The summed E-state index contributed by atoms with van der Waals surface area (Å²) in [4.78, 5) is 11.1. The van der Waals surface area contributed by atoms with Crippen molar-refractivity contribution in [3.63, 3.8) is 0 Å². The van der Waals surface area contributed by atoms with Crippen LogP contribution in [0.3, 0.4) is 0 Å². The molecule has 1 aromatic carbocycles. The summed E-state index contributed by atoms with van der Waals surface area (Å²) in [7, 11) is 1.88. The minimum absolute atomic E-state index is 0.119. The zero-order valence-corrected chi connectivity index (χ0v) is 18.3. The molecular weight excluding hydrogens is 416 g/mol. The molecule has 1 aliphatic rings. The average Bonchev–Trinajstić information content (AvgIpc) is 3.17. The Labute approximate surface area is 186 Å². The second kappa shape index (κ2) is 10.1. The van der Waals surface area contributed by atoms with Crippen molar-refractivity contribution in [2.24, 2.45) is 7.05 Å². The van der Waals surface area contributed by atoms with Gasteiger partial charge in [0.05, 0.1) is 18.9 Å². The van der Waals surface area contributed by atoms with Crippen LogP contribution in [0.25, 0.3) is 0 Å². The third-order valence-electron chi connectivity index (χ3n) is 5.48. The highest BCUT2D eigenvalue weighted by Gasteiger charge is 2.25. The zero-order chi connectivity index (χ0) is 22.5. The Bertz CT molecular complexity index is 1040. The third-order valence-corrected chi connectivity index (χ3v) is 5.48. The molecule has 1 fully saturated rings. The Balaban J connectivity index is 1.33. The molecule has 170 valence electrons. The first kappa shape index (κ1) is 22.3. The third kappa shape index (κ3) is 5.46. The Morgan fingerprint density at radius 2 is 1.97 bits per heavy atom. The maximum Gasteiger partial charge on any atom is 0.162 e. The van der Waals surface area contributed by atoms with E-state index in [2.05, 4.69) is 20.0 Å². The maximum atomic E-state index is 13.3. The number of benzene rings is 1. The quantitative estimate of drug-likeness (QED) is 0.533. The molecule has 4 rings (SSSR count). The molecule has 0 bridgehead atoms. The van der Waals surface area contributed by atoms with Crippen LogP contribution in [0.15, 0.2) is 36.7 Å². The fraction of sp³-hybridized carbons (Fsp3) is 0.435. The number of nitrogens with zero attached hydrogens (tertiary/aromatic N) is 5. The van der Waals surface area contributed by atoms with Gasteiger partial charge in [0.1, 0.15) is 17.7 Å². The van der Waals surface area contributed by atoms with Gasteiger partial charge in [0.15, 0.2) is 11.6 Å². The lowest BCUT2D eigenvalue weighted by Gasteiger charge is -2.32. The van der Waals surface area contributed by atoms with E-state index in [4.69, 9.17) is 9.47 Å². The van der Waals surface area contributed by atoms with Crippen LogP contribution >= 0.6 is 0 Å². The zero-order valence-electron chi connectivity index (χ0n) is 18.3. The van der Waals surface area contributed by atoms with E-state index in [1.807, 2.05) is 37.1 Å². The van der Waals surface area contributed by atoms with Crippen molar-refractivity contribution in [3.8, 4) is 5.75 Å². The standard InChI is InChI=1S/C23H27F2N5O2/c1-3-23-26-12-16(13-27-23)14-30-7-9-32-22(15-30)21-10-17(29(2)28-21)6-8-31-18-4-5-19(24)20(25)11-18/h4-5,10-13,22H,3,6-9,14-15H2,1-2H3/t22-/m0/s1. The first-order valence-corrected chi connectivity index (χ1v) is 10.8. The fourth-order valence-corrected chi connectivity index (χ4v) is 3.69. The number of aryl methyl sites for hydroxylation is 2. The van der Waals surface area contributed by atoms with E-state index in [9.17, 15) is 8.78 Å². The summed E-state index contributed by atoms with van der Waals surface area (Å²) in [6, 6.07) is 5.54. The molecule has 0 N–H and O–H groups in total. The van der Waals surface area contributed by atoms with Crippen molar-refractivity contribution in [3.05, 3.63) is 71.1 Å². The van der Waals surface area contributed by atoms with Crippen LogP contribution in [0.1, 0.15) is 35.8 Å². The van der Waals surface area contributed by atoms with Crippen molar-refractivity contribution in [1.29, 1.82) is 0 Å². The topological polar surface area (TPSA) is 65.3 Å². The summed E-state index contributed by atoms with van der Waals surface area (Å²) in [5.74, 6) is -0.658. The molecule has 0 amide bonds. The first-order chi connectivity index (χ1) is 15.5. The maximum absolute atomic E-state index is 13.3. The molecule has 3 aromatic rings. The van der Waals surface area contributed by atoms with Crippen molar-refractivity contribution in [2.45, 2.75) is 32.4 Å². The van der Waals surface area contributed by atoms with Crippen LogP contribution < -0.4 is 4.74 Å². The second-order valence-electron chi connectivity index (χ2n) is 7.81. The first-order valence-electron chi connectivity index (χ1n) is 10.8. The number of halogens is 2. The van der Waals surface area contributed by atoms with Gasteiger partial charge >= 0.3 is 0 Å². The van der Waals surface area contributed by atoms with Crippen LogP contribution in [-0.2, 0) is 31.2 Å². The highest BCUT2D eigenvalue weighted by molar-refractivity contribution is 5.23. The van der Waals surface area contributed by atoms with E-state index >= 15 is 0 Å². The van der Waals surface area contributed by atoms with Gasteiger partial charge in [-0.3, -0.25) is 9.58 Å². The molecule has 9 heteroatoms. The molecule has 0 aliphatic carbocycles. The molecule has 7 nitrogen and oxygen atoms in total. The second-order valence-corrected chi connectivity index (χ2v) is 7.81. The molecule has 3 heterocycles. The molecule has 32 heavy (non-hydrogen) atoms.